The summed E-state index contributed by atoms with van der Waals surface area (Å²) in [6.07, 6.45) is 1.11. The summed E-state index contributed by atoms with van der Waals surface area (Å²) in [7, 11) is 1.29. The van der Waals surface area contributed by atoms with Crippen molar-refractivity contribution < 1.29 is 18.7 Å². The summed E-state index contributed by atoms with van der Waals surface area (Å²) in [5.74, 6) is -0.856. The lowest BCUT2D eigenvalue weighted by molar-refractivity contribution is -0.139. The highest BCUT2D eigenvalue weighted by molar-refractivity contribution is 7.14. The number of hydrogen-bond donors (Lipinski definition) is 1. The van der Waals surface area contributed by atoms with Crippen molar-refractivity contribution in [1.29, 1.82) is 0 Å². The second-order valence-corrected chi connectivity index (χ2v) is 4.55. The normalized spacial score (nSPS) is 10.1. The van der Waals surface area contributed by atoms with Crippen LogP contribution in [0.2, 0.25) is 0 Å². The van der Waals surface area contributed by atoms with Crippen molar-refractivity contribution >= 4 is 28.3 Å². The summed E-state index contributed by atoms with van der Waals surface area (Å²) in [5.41, 5.74) is 0.183. The van der Waals surface area contributed by atoms with Crippen molar-refractivity contribution in [1.82, 2.24) is 4.98 Å². The SMILES string of the molecule is COC(=O)Cc1csc(NC(=O)c2ccc(=O)oc2)n1. The van der Waals surface area contributed by atoms with Crippen LogP contribution in [-0.2, 0) is 16.0 Å². The Labute approximate surface area is 117 Å². The largest absolute Gasteiger partial charge is 0.469 e. The van der Waals surface area contributed by atoms with Crippen LogP contribution in [0.4, 0.5) is 5.13 Å². The number of esters is 1. The summed E-state index contributed by atoms with van der Waals surface area (Å²) < 4.78 is 9.12. The second kappa shape index (κ2) is 6.11. The molecule has 0 bridgehead atoms. The van der Waals surface area contributed by atoms with Gasteiger partial charge in [0, 0.05) is 11.4 Å². The number of carbonyl (C=O) groups is 2. The standard InChI is InChI=1S/C12H10N2O5S/c1-18-10(16)4-8-6-20-12(13-8)14-11(17)7-2-3-9(15)19-5-7/h2-3,5-6H,4H2,1H3,(H,13,14,17). The van der Waals surface area contributed by atoms with E-state index < -0.39 is 17.5 Å². The maximum Gasteiger partial charge on any atom is 0.335 e. The van der Waals surface area contributed by atoms with Gasteiger partial charge in [0.1, 0.15) is 6.26 Å². The minimum absolute atomic E-state index is 0.0447. The summed E-state index contributed by atoms with van der Waals surface area (Å²) in [6, 6.07) is 2.50. The number of aromatic nitrogens is 1. The molecule has 2 rings (SSSR count). The van der Waals surface area contributed by atoms with Crippen LogP contribution in [0.3, 0.4) is 0 Å². The lowest BCUT2D eigenvalue weighted by atomic mass is 10.3. The van der Waals surface area contributed by atoms with Gasteiger partial charge in [-0.25, -0.2) is 9.78 Å². The highest BCUT2D eigenvalue weighted by atomic mass is 32.1. The van der Waals surface area contributed by atoms with E-state index in [1.807, 2.05) is 0 Å². The van der Waals surface area contributed by atoms with Gasteiger partial charge in [0.2, 0.25) is 0 Å². The average molecular weight is 294 g/mol. The molecule has 20 heavy (non-hydrogen) atoms. The quantitative estimate of drug-likeness (QED) is 0.847. The fourth-order valence-electron chi connectivity index (χ4n) is 1.32. The number of rotatable bonds is 4. The van der Waals surface area contributed by atoms with Crippen molar-refractivity contribution in [3.63, 3.8) is 0 Å². The molecule has 0 fully saturated rings. The molecule has 1 amide bonds. The van der Waals surface area contributed by atoms with Gasteiger partial charge in [0.05, 0.1) is 24.8 Å². The zero-order valence-electron chi connectivity index (χ0n) is 10.4. The first-order valence-electron chi connectivity index (χ1n) is 5.50. The molecular weight excluding hydrogens is 284 g/mol. The van der Waals surface area contributed by atoms with Crippen molar-refractivity contribution in [2.75, 3.05) is 12.4 Å². The van der Waals surface area contributed by atoms with E-state index in [2.05, 4.69) is 19.5 Å². The van der Waals surface area contributed by atoms with Crippen LogP contribution in [0, 0.1) is 0 Å². The Kier molecular flexibility index (Phi) is 4.26. The van der Waals surface area contributed by atoms with E-state index in [0.29, 0.717) is 10.8 Å². The van der Waals surface area contributed by atoms with Crippen molar-refractivity contribution in [2.45, 2.75) is 6.42 Å². The maximum atomic E-state index is 11.8. The molecule has 0 atom stereocenters. The molecule has 0 aliphatic rings. The molecule has 0 aliphatic carbocycles. The molecule has 0 saturated heterocycles. The molecule has 0 radical (unpaired) electrons. The highest BCUT2D eigenvalue weighted by Crippen LogP contribution is 2.17. The Hall–Kier alpha value is -2.48. The minimum atomic E-state index is -0.531. The minimum Gasteiger partial charge on any atom is -0.469 e. The third-order valence-electron chi connectivity index (χ3n) is 2.29. The number of amides is 1. The molecule has 0 aliphatic heterocycles. The molecule has 2 aromatic rings. The molecule has 104 valence electrons. The van der Waals surface area contributed by atoms with E-state index in [1.54, 1.807) is 5.38 Å². The van der Waals surface area contributed by atoms with E-state index in [4.69, 9.17) is 0 Å². The molecule has 2 aromatic heterocycles. The molecule has 8 heteroatoms. The third-order valence-corrected chi connectivity index (χ3v) is 3.10. The topological polar surface area (TPSA) is 98.5 Å². The zero-order valence-corrected chi connectivity index (χ0v) is 11.2. The summed E-state index contributed by atoms with van der Waals surface area (Å²) >= 11 is 1.18. The molecule has 0 spiro atoms. The smallest absolute Gasteiger partial charge is 0.335 e. The lowest BCUT2D eigenvalue weighted by Crippen LogP contribution is -2.13. The van der Waals surface area contributed by atoms with E-state index >= 15 is 0 Å². The molecule has 7 nitrogen and oxygen atoms in total. The van der Waals surface area contributed by atoms with E-state index in [9.17, 15) is 14.4 Å². The number of ether oxygens (including phenoxy) is 1. The summed E-state index contributed by atoms with van der Waals surface area (Å²) in [5, 5.41) is 4.54. The van der Waals surface area contributed by atoms with Gasteiger partial charge in [-0.05, 0) is 6.07 Å². The molecule has 0 aromatic carbocycles. The Morgan fingerprint density at radius 2 is 2.25 bits per heavy atom. The van der Waals surface area contributed by atoms with Crippen molar-refractivity contribution in [3.05, 3.63) is 45.5 Å². The first-order chi connectivity index (χ1) is 9.58. The molecule has 1 N–H and O–H groups in total. The molecular formula is C12H10N2O5S. The number of thiazole rings is 1. The van der Waals surface area contributed by atoms with Gasteiger partial charge in [-0.3, -0.25) is 14.9 Å². The zero-order chi connectivity index (χ0) is 14.5. The van der Waals surface area contributed by atoms with E-state index in [0.717, 1.165) is 12.3 Å². The van der Waals surface area contributed by atoms with Gasteiger partial charge >= 0.3 is 11.6 Å². The van der Waals surface area contributed by atoms with Crippen LogP contribution in [0.25, 0.3) is 0 Å². The summed E-state index contributed by atoms with van der Waals surface area (Å²) in [4.78, 5) is 37.8. The van der Waals surface area contributed by atoms with Crippen molar-refractivity contribution in [3.8, 4) is 0 Å². The molecule has 0 saturated carbocycles. The van der Waals surface area contributed by atoms with Crippen LogP contribution in [0.5, 0.6) is 0 Å². The van der Waals surface area contributed by atoms with Crippen LogP contribution < -0.4 is 10.9 Å². The van der Waals surface area contributed by atoms with E-state index in [-0.39, 0.29) is 12.0 Å². The van der Waals surface area contributed by atoms with Crippen molar-refractivity contribution in [2.24, 2.45) is 0 Å². The Bertz CT molecular complexity index is 671. The fourth-order valence-corrected chi connectivity index (χ4v) is 2.03. The van der Waals surface area contributed by atoms with Gasteiger partial charge in [-0.15, -0.1) is 11.3 Å². The van der Waals surface area contributed by atoms with Gasteiger partial charge in [-0.2, -0.15) is 0 Å². The number of nitrogens with zero attached hydrogens (tertiary/aromatic N) is 1. The first kappa shape index (κ1) is 13.9. The number of nitrogens with one attached hydrogen (secondary N) is 1. The van der Waals surface area contributed by atoms with Crippen LogP contribution >= 0.6 is 11.3 Å². The van der Waals surface area contributed by atoms with E-state index in [1.165, 1.54) is 24.5 Å². The molecule has 2 heterocycles. The monoisotopic (exact) mass is 294 g/mol. The lowest BCUT2D eigenvalue weighted by Gasteiger charge is -1.99. The highest BCUT2D eigenvalue weighted by Gasteiger charge is 2.11. The van der Waals surface area contributed by atoms with Crippen LogP contribution in [0.15, 0.2) is 33.0 Å². The number of anilines is 1. The predicted octanol–water partition coefficient (Wildman–Crippen LogP) is 1.06. The predicted molar refractivity (Wildman–Crippen MR) is 70.8 cm³/mol. The van der Waals surface area contributed by atoms with Gasteiger partial charge < -0.3 is 9.15 Å². The maximum absolute atomic E-state index is 11.8. The number of methoxy groups -OCH3 is 1. The first-order valence-corrected chi connectivity index (χ1v) is 6.38. The Balaban J connectivity index is 2.03. The Morgan fingerprint density at radius 1 is 1.45 bits per heavy atom. The average Bonchev–Trinajstić information content (AvgIpc) is 2.86. The fraction of sp³-hybridized carbons (Fsp3) is 0.167. The van der Waals surface area contributed by atoms with Gasteiger partial charge in [0.25, 0.3) is 5.91 Å². The Morgan fingerprint density at radius 3 is 2.90 bits per heavy atom. The molecule has 0 unspecified atom stereocenters. The second-order valence-electron chi connectivity index (χ2n) is 3.69. The summed E-state index contributed by atoms with van der Waals surface area (Å²) in [6.45, 7) is 0. The van der Waals surface area contributed by atoms with Gasteiger partial charge in [-0.1, -0.05) is 0 Å². The third kappa shape index (κ3) is 3.51. The van der Waals surface area contributed by atoms with Crippen LogP contribution in [0.1, 0.15) is 16.1 Å². The van der Waals surface area contributed by atoms with Gasteiger partial charge in [0.15, 0.2) is 5.13 Å². The number of hydrogen-bond acceptors (Lipinski definition) is 7. The number of carbonyl (C=O) groups excluding carboxylic acids is 2. The van der Waals surface area contributed by atoms with Crippen LogP contribution in [-0.4, -0.2) is 24.0 Å².